The van der Waals surface area contributed by atoms with Gasteiger partial charge < -0.3 is 9.30 Å². The monoisotopic (exact) mass is 482 g/mol. The summed E-state index contributed by atoms with van der Waals surface area (Å²) < 4.78 is 31.1. The summed E-state index contributed by atoms with van der Waals surface area (Å²) in [7, 11) is -2.13. The molecule has 0 aliphatic rings. The number of hydrogen-bond acceptors (Lipinski definition) is 6. The largest absolute Gasteiger partial charge is 0.468 e. The number of ether oxygens (including phenoxy) is 1. The molecule has 10 heteroatoms. The van der Waals surface area contributed by atoms with Crippen LogP contribution in [-0.2, 0) is 25.9 Å². The Morgan fingerprint density at radius 3 is 2.57 bits per heavy atom. The molecule has 0 bridgehead atoms. The molecule has 0 fully saturated rings. The van der Waals surface area contributed by atoms with Crippen LogP contribution in [0.2, 0.25) is 0 Å². The maximum Gasteiger partial charge on any atom is 0.325 e. The normalized spacial score (nSPS) is 12.3. The highest BCUT2D eigenvalue weighted by molar-refractivity contribution is 9.10. The standard InChI is InChI=1S/C18H15BrN2O5S2/c1-26-16(22)10-21-14-8-7-11(28(2,24)25)9-15(14)27-18(21)20-17(23)12-5-3-4-6-13(12)19/h3-9H,10H2,1-2H3. The third-order valence-electron chi connectivity index (χ3n) is 3.90. The van der Waals surface area contributed by atoms with Crippen LogP contribution in [-0.4, -0.2) is 38.2 Å². The molecule has 0 N–H and O–H groups in total. The number of methoxy groups -OCH3 is 1. The summed E-state index contributed by atoms with van der Waals surface area (Å²) in [6.45, 7) is -0.156. The Kier molecular flexibility index (Phi) is 5.82. The van der Waals surface area contributed by atoms with Crippen molar-refractivity contribution in [2.24, 2.45) is 4.99 Å². The molecule has 0 atom stereocenters. The van der Waals surface area contributed by atoms with E-state index >= 15 is 0 Å². The molecule has 28 heavy (non-hydrogen) atoms. The fourth-order valence-electron chi connectivity index (χ4n) is 2.50. The number of aromatic nitrogens is 1. The number of benzene rings is 2. The van der Waals surface area contributed by atoms with Crippen LogP contribution in [0.1, 0.15) is 10.4 Å². The zero-order chi connectivity index (χ0) is 20.5. The zero-order valence-electron chi connectivity index (χ0n) is 14.9. The number of hydrogen-bond donors (Lipinski definition) is 0. The number of fused-ring (bicyclic) bond motifs is 1. The molecule has 0 aliphatic carbocycles. The number of thiazole rings is 1. The first kappa shape index (κ1) is 20.4. The molecule has 146 valence electrons. The predicted molar refractivity (Wildman–Crippen MR) is 109 cm³/mol. The van der Waals surface area contributed by atoms with Gasteiger partial charge >= 0.3 is 5.97 Å². The summed E-state index contributed by atoms with van der Waals surface area (Å²) >= 11 is 4.44. The van der Waals surface area contributed by atoms with Crippen LogP contribution < -0.4 is 4.80 Å². The molecule has 1 amide bonds. The first-order valence-electron chi connectivity index (χ1n) is 7.94. The van der Waals surface area contributed by atoms with Gasteiger partial charge in [0.25, 0.3) is 5.91 Å². The van der Waals surface area contributed by atoms with Crippen molar-refractivity contribution < 1.29 is 22.7 Å². The lowest BCUT2D eigenvalue weighted by Gasteiger charge is -2.04. The third kappa shape index (κ3) is 4.23. The van der Waals surface area contributed by atoms with Crippen molar-refractivity contribution in [2.45, 2.75) is 11.4 Å². The van der Waals surface area contributed by atoms with Gasteiger partial charge in [-0.25, -0.2) is 8.42 Å². The summed E-state index contributed by atoms with van der Waals surface area (Å²) in [6, 6.07) is 11.4. The van der Waals surface area contributed by atoms with Crippen molar-refractivity contribution in [3.05, 3.63) is 57.3 Å². The lowest BCUT2D eigenvalue weighted by Crippen LogP contribution is -2.22. The van der Waals surface area contributed by atoms with Crippen molar-refractivity contribution in [1.29, 1.82) is 0 Å². The summed E-state index contributed by atoms with van der Waals surface area (Å²) in [5.74, 6) is -0.998. The first-order chi connectivity index (χ1) is 13.2. The van der Waals surface area contributed by atoms with Gasteiger partial charge in [-0.1, -0.05) is 23.5 Å². The van der Waals surface area contributed by atoms with Gasteiger partial charge in [0, 0.05) is 10.7 Å². The maximum absolute atomic E-state index is 12.6. The average molecular weight is 483 g/mol. The number of amides is 1. The van der Waals surface area contributed by atoms with E-state index in [1.807, 2.05) is 0 Å². The Hall–Kier alpha value is -2.30. The summed E-state index contributed by atoms with van der Waals surface area (Å²) in [5.41, 5.74) is 0.961. The van der Waals surface area contributed by atoms with Crippen LogP contribution in [0.15, 0.2) is 56.8 Å². The molecule has 1 aromatic heterocycles. The van der Waals surface area contributed by atoms with Gasteiger partial charge in [0.1, 0.15) is 6.54 Å². The highest BCUT2D eigenvalue weighted by Crippen LogP contribution is 2.22. The second kappa shape index (κ2) is 7.98. The van der Waals surface area contributed by atoms with Gasteiger partial charge in [0.2, 0.25) is 0 Å². The van der Waals surface area contributed by atoms with E-state index in [4.69, 9.17) is 4.74 Å². The van der Waals surface area contributed by atoms with Crippen molar-refractivity contribution in [3.8, 4) is 0 Å². The van der Waals surface area contributed by atoms with E-state index in [9.17, 15) is 18.0 Å². The minimum Gasteiger partial charge on any atom is -0.468 e. The lowest BCUT2D eigenvalue weighted by atomic mass is 10.2. The number of esters is 1. The summed E-state index contributed by atoms with van der Waals surface area (Å²) in [6.07, 6.45) is 1.12. The fraction of sp³-hybridized carbons (Fsp3) is 0.167. The number of rotatable bonds is 4. The predicted octanol–water partition coefficient (Wildman–Crippen LogP) is 2.78. The average Bonchev–Trinajstić information content (AvgIpc) is 2.97. The third-order valence-corrected chi connectivity index (χ3v) is 6.74. The van der Waals surface area contributed by atoms with Crippen LogP contribution in [0.3, 0.4) is 0 Å². The molecule has 0 aliphatic heterocycles. The summed E-state index contributed by atoms with van der Waals surface area (Å²) in [5, 5.41) is 0. The van der Waals surface area contributed by atoms with Gasteiger partial charge in [-0.15, -0.1) is 0 Å². The zero-order valence-corrected chi connectivity index (χ0v) is 18.1. The molecule has 7 nitrogen and oxygen atoms in total. The van der Waals surface area contributed by atoms with Crippen molar-refractivity contribution in [1.82, 2.24) is 4.57 Å². The molecule has 0 radical (unpaired) electrons. The Labute approximate surface area is 173 Å². The molecule has 3 rings (SSSR count). The van der Waals surface area contributed by atoms with Crippen molar-refractivity contribution in [3.63, 3.8) is 0 Å². The molecule has 2 aromatic carbocycles. The van der Waals surface area contributed by atoms with E-state index in [0.717, 1.165) is 17.6 Å². The summed E-state index contributed by atoms with van der Waals surface area (Å²) in [4.78, 5) is 29.1. The smallest absolute Gasteiger partial charge is 0.325 e. The van der Waals surface area contributed by atoms with Crippen LogP contribution >= 0.6 is 27.3 Å². The molecular formula is C18H15BrN2O5S2. The van der Waals surface area contributed by atoms with Crippen molar-refractivity contribution >= 4 is 59.2 Å². The molecule has 0 unspecified atom stereocenters. The minimum atomic E-state index is -3.40. The lowest BCUT2D eigenvalue weighted by molar-refractivity contribution is -0.141. The number of nitrogens with zero attached hydrogens (tertiary/aromatic N) is 2. The second-order valence-corrected chi connectivity index (χ2v) is 9.72. The Balaban J connectivity index is 2.22. The SMILES string of the molecule is COC(=O)Cn1c(=NC(=O)c2ccccc2Br)sc2cc(S(C)(=O)=O)ccc21. The van der Waals surface area contributed by atoms with Gasteiger partial charge in [0.15, 0.2) is 14.6 Å². The van der Waals surface area contributed by atoms with Gasteiger partial charge in [-0.2, -0.15) is 4.99 Å². The first-order valence-corrected chi connectivity index (χ1v) is 11.4. The fourth-order valence-corrected chi connectivity index (χ4v) is 4.74. The number of carbonyl (C=O) groups is 2. The Morgan fingerprint density at radius 2 is 1.93 bits per heavy atom. The topological polar surface area (TPSA) is 94.8 Å². The number of sulfone groups is 1. The number of halogens is 1. The van der Waals surface area contributed by atoms with Gasteiger partial charge in [-0.05, 0) is 46.3 Å². The Bertz CT molecular complexity index is 1260. The van der Waals surface area contributed by atoms with Gasteiger partial charge in [-0.3, -0.25) is 9.59 Å². The van der Waals surface area contributed by atoms with Crippen LogP contribution in [0, 0.1) is 0 Å². The van der Waals surface area contributed by atoms with E-state index in [1.54, 1.807) is 30.3 Å². The molecule has 1 heterocycles. The maximum atomic E-state index is 12.6. The van der Waals surface area contributed by atoms with Gasteiger partial charge in [0.05, 0.1) is 27.8 Å². The van der Waals surface area contributed by atoms with Crippen molar-refractivity contribution in [2.75, 3.05) is 13.4 Å². The minimum absolute atomic E-state index is 0.148. The Morgan fingerprint density at radius 1 is 1.21 bits per heavy atom. The van der Waals surface area contributed by atoms with E-state index in [2.05, 4.69) is 20.9 Å². The molecule has 0 spiro atoms. The highest BCUT2D eigenvalue weighted by Gasteiger charge is 2.16. The van der Waals surface area contributed by atoms with Crippen LogP contribution in [0.25, 0.3) is 10.2 Å². The second-order valence-electron chi connectivity index (χ2n) is 5.85. The highest BCUT2D eigenvalue weighted by atomic mass is 79.9. The van der Waals surface area contributed by atoms with E-state index in [0.29, 0.717) is 20.3 Å². The van der Waals surface area contributed by atoms with Crippen LogP contribution in [0.5, 0.6) is 0 Å². The van der Waals surface area contributed by atoms with E-state index in [1.165, 1.54) is 23.8 Å². The van der Waals surface area contributed by atoms with E-state index in [-0.39, 0.29) is 16.2 Å². The van der Waals surface area contributed by atoms with Crippen LogP contribution in [0.4, 0.5) is 0 Å². The molecule has 3 aromatic rings. The number of carbonyl (C=O) groups excluding carboxylic acids is 2. The molecular weight excluding hydrogens is 468 g/mol. The molecule has 0 saturated heterocycles. The van der Waals surface area contributed by atoms with E-state index < -0.39 is 21.7 Å². The quantitative estimate of drug-likeness (QED) is 0.532. The molecule has 0 saturated carbocycles.